The fourth-order valence-electron chi connectivity index (χ4n) is 2.89. The predicted octanol–water partition coefficient (Wildman–Crippen LogP) is 5.92. The lowest BCUT2D eigenvalue weighted by Gasteiger charge is -2.16. The summed E-state index contributed by atoms with van der Waals surface area (Å²) in [5.74, 6) is 0.753. The molecule has 0 saturated carbocycles. The van der Waals surface area contributed by atoms with Gasteiger partial charge in [0.15, 0.2) is 11.5 Å². The van der Waals surface area contributed by atoms with Crippen LogP contribution in [0.25, 0.3) is 0 Å². The van der Waals surface area contributed by atoms with Gasteiger partial charge in [0.25, 0.3) is 0 Å². The molecule has 3 aromatic carbocycles. The first kappa shape index (κ1) is 20.2. The number of hydrogen-bond acceptors (Lipinski definition) is 3. The minimum absolute atomic E-state index is 0.0322. The second kappa shape index (κ2) is 9.58. The van der Waals surface area contributed by atoms with Crippen molar-refractivity contribution in [2.24, 2.45) is 0 Å². The molecule has 3 rings (SSSR count). The highest BCUT2D eigenvalue weighted by Gasteiger charge is 2.11. The molecule has 28 heavy (non-hydrogen) atoms. The summed E-state index contributed by atoms with van der Waals surface area (Å²) in [6.07, 6.45) is 0. The monoisotopic (exact) mass is 399 g/mol. The lowest BCUT2D eigenvalue weighted by Crippen LogP contribution is -2.18. The Bertz CT molecular complexity index is 897. The van der Waals surface area contributed by atoms with Crippen LogP contribution in [0.1, 0.15) is 29.7 Å². The smallest absolute Gasteiger partial charge is 0.161 e. The van der Waals surface area contributed by atoms with E-state index in [2.05, 4.69) is 24.4 Å². The Hall–Kier alpha value is -2.56. The highest BCUT2D eigenvalue weighted by Crippen LogP contribution is 2.30. The molecule has 0 aliphatic carbocycles. The number of hydrogen-bond donors (Lipinski definition) is 1. The van der Waals surface area contributed by atoms with Gasteiger partial charge >= 0.3 is 0 Å². The van der Waals surface area contributed by atoms with Gasteiger partial charge in [0, 0.05) is 18.2 Å². The maximum Gasteiger partial charge on any atom is 0.161 e. The minimum atomic E-state index is -0.387. The first-order valence-electron chi connectivity index (χ1n) is 9.09. The summed E-state index contributed by atoms with van der Waals surface area (Å²) in [5, 5.41) is 3.84. The van der Waals surface area contributed by atoms with Crippen LogP contribution in [-0.2, 0) is 13.2 Å². The van der Waals surface area contributed by atoms with Gasteiger partial charge in [0.1, 0.15) is 12.4 Å². The summed E-state index contributed by atoms with van der Waals surface area (Å²) in [6, 6.07) is 20.8. The zero-order valence-electron chi connectivity index (χ0n) is 15.9. The molecule has 0 aliphatic rings. The van der Waals surface area contributed by atoms with Gasteiger partial charge in [-0.2, -0.15) is 0 Å². The van der Waals surface area contributed by atoms with Crippen LogP contribution in [0.4, 0.5) is 4.39 Å². The molecular formula is C23H23ClFNO2. The summed E-state index contributed by atoms with van der Waals surface area (Å²) in [4.78, 5) is 0. The van der Waals surface area contributed by atoms with Crippen molar-refractivity contribution in [3.63, 3.8) is 0 Å². The van der Waals surface area contributed by atoms with Crippen molar-refractivity contribution in [2.75, 3.05) is 7.11 Å². The molecule has 0 fully saturated rings. The van der Waals surface area contributed by atoms with Crippen molar-refractivity contribution in [2.45, 2.75) is 26.1 Å². The number of ether oxygens (including phenoxy) is 2. The molecule has 1 N–H and O–H groups in total. The van der Waals surface area contributed by atoms with Crippen LogP contribution in [0, 0.1) is 5.82 Å². The SMILES string of the molecule is COc1cc(CN[C@@H](C)c2ccccc2)ccc1OCc1c(F)cccc1Cl. The van der Waals surface area contributed by atoms with Crippen molar-refractivity contribution in [3.05, 3.63) is 94.3 Å². The van der Waals surface area contributed by atoms with Crippen LogP contribution in [0.2, 0.25) is 5.02 Å². The third-order valence-corrected chi connectivity index (χ3v) is 4.93. The van der Waals surface area contributed by atoms with Gasteiger partial charge in [-0.1, -0.05) is 54.1 Å². The second-order valence-electron chi connectivity index (χ2n) is 6.49. The molecule has 0 bridgehead atoms. The predicted molar refractivity (Wildman–Crippen MR) is 110 cm³/mol. The number of rotatable bonds is 8. The molecule has 0 spiro atoms. The molecule has 3 nitrogen and oxygen atoms in total. The average molecular weight is 400 g/mol. The van der Waals surface area contributed by atoms with E-state index in [-0.39, 0.29) is 18.5 Å². The van der Waals surface area contributed by atoms with Gasteiger partial charge in [0.2, 0.25) is 0 Å². The van der Waals surface area contributed by atoms with Crippen molar-refractivity contribution in [1.82, 2.24) is 5.32 Å². The number of halogens is 2. The highest BCUT2D eigenvalue weighted by atomic mass is 35.5. The normalized spacial score (nSPS) is 11.9. The zero-order valence-corrected chi connectivity index (χ0v) is 16.7. The Morgan fingerprint density at radius 2 is 1.79 bits per heavy atom. The van der Waals surface area contributed by atoms with E-state index < -0.39 is 0 Å². The molecular weight excluding hydrogens is 377 g/mol. The molecule has 3 aromatic rings. The summed E-state index contributed by atoms with van der Waals surface area (Å²) < 4.78 is 25.1. The Morgan fingerprint density at radius 3 is 2.50 bits per heavy atom. The van der Waals surface area contributed by atoms with Gasteiger partial charge < -0.3 is 14.8 Å². The van der Waals surface area contributed by atoms with E-state index in [0.717, 1.165) is 5.56 Å². The minimum Gasteiger partial charge on any atom is -0.493 e. The fraction of sp³-hybridized carbons (Fsp3) is 0.217. The molecule has 146 valence electrons. The topological polar surface area (TPSA) is 30.5 Å². The van der Waals surface area contributed by atoms with E-state index in [9.17, 15) is 4.39 Å². The number of methoxy groups -OCH3 is 1. The van der Waals surface area contributed by atoms with E-state index in [1.165, 1.54) is 11.6 Å². The zero-order chi connectivity index (χ0) is 19.9. The van der Waals surface area contributed by atoms with Crippen molar-refractivity contribution in [1.29, 1.82) is 0 Å². The van der Waals surface area contributed by atoms with Crippen LogP contribution in [0.15, 0.2) is 66.7 Å². The Balaban J connectivity index is 1.65. The van der Waals surface area contributed by atoms with E-state index in [1.807, 2.05) is 36.4 Å². The van der Waals surface area contributed by atoms with E-state index in [1.54, 1.807) is 19.2 Å². The van der Waals surface area contributed by atoms with Crippen molar-refractivity contribution < 1.29 is 13.9 Å². The molecule has 0 heterocycles. The first-order chi connectivity index (χ1) is 13.6. The number of benzene rings is 3. The third-order valence-electron chi connectivity index (χ3n) is 4.57. The molecule has 1 atom stereocenters. The van der Waals surface area contributed by atoms with Crippen molar-refractivity contribution in [3.8, 4) is 11.5 Å². The lowest BCUT2D eigenvalue weighted by molar-refractivity contribution is 0.279. The quantitative estimate of drug-likeness (QED) is 0.510. The Morgan fingerprint density at radius 1 is 1.00 bits per heavy atom. The first-order valence-corrected chi connectivity index (χ1v) is 9.47. The summed E-state index contributed by atoms with van der Waals surface area (Å²) in [7, 11) is 1.59. The van der Waals surface area contributed by atoms with Gasteiger partial charge in [-0.3, -0.25) is 0 Å². The molecule has 0 saturated heterocycles. The summed E-state index contributed by atoms with van der Waals surface area (Å²) in [5.41, 5.74) is 2.63. The molecule has 0 amide bonds. The van der Waals surface area contributed by atoms with Gasteiger partial charge in [-0.25, -0.2) is 4.39 Å². The van der Waals surface area contributed by atoms with Crippen LogP contribution < -0.4 is 14.8 Å². The standard InChI is InChI=1S/C23H23ClFNO2/c1-16(18-7-4-3-5-8-18)26-14-17-11-12-22(23(13-17)27-2)28-15-19-20(24)9-6-10-21(19)25/h3-13,16,26H,14-15H2,1-2H3/t16-/m0/s1. The van der Waals surface area contributed by atoms with Crippen LogP contribution in [0.5, 0.6) is 11.5 Å². The van der Waals surface area contributed by atoms with Gasteiger partial charge in [0.05, 0.1) is 12.1 Å². The Kier molecular flexibility index (Phi) is 6.90. The Labute approximate surface area is 170 Å². The molecule has 5 heteroatoms. The summed E-state index contributed by atoms with van der Waals surface area (Å²) >= 11 is 6.06. The number of nitrogens with one attached hydrogen (secondary N) is 1. The molecule has 0 aliphatic heterocycles. The van der Waals surface area contributed by atoms with Crippen LogP contribution >= 0.6 is 11.6 Å². The molecule has 0 aromatic heterocycles. The largest absolute Gasteiger partial charge is 0.493 e. The van der Waals surface area contributed by atoms with E-state index >= 15 is 0 Å². The van der Waals surface area contributed by atoms with Gasteiger partial charge in [-0.05, 0) is 42.3 Å². The molecule has 0 unspecified atom stereocenters. The summed E-state index contributed by atoms with van der Waals surface area (Å²) in [6.45, 7) is 2.85. The van der Waals surface area contributed by atoms with Gasteiger partial charge in [-0.15, -0.1) is 0 Å². The third kappa shape index (κ3) is 5.03. The fourth-order valence-corrected chi connectivity index (χ4v) is 3.11. The van der Waals surface area contributed by atoms with E-state index in [0.29, 0.717) is 28.6 Å². The van der Waals surface area contributed by atoms with Crippen molar-refractivity contribution >= 4 is 11.6 Å². The lowest BCUT2D eigenvalue weighted by atomic mass is 10.1. The van der Waals surface area contributed by atoms with Crippen LogP contribution in [0.3, 0.4) is 0 Å². The second-order valence-corrected chi connectivity index (χ2v) is 6.89. The van der Waals surface area contributed by atoms with Crippen LogP contribution in [-0.4, -0.2) is 7.11 Å². The maximum atomic E-state index is 13.9. The van der Waals surface area contributed by atoms with E-state index in [4.69, 9.17) is 21.1 Å². The average Bonchev–Trinajstić information content (AvgIpc) is 2.72. The molecule has 0 radical (unpaired) electrons. The highest BCUT2D eigenvalue weighted by molar-refractivity contribution is 6.31. The maximum absolute atomic E-state index is 13.9.